The molecule has 24 heavy (non-hydrogen) atoms. The van der Waals surface area contributed by atoms with Crippen molar-refractivity contribution in [1.82, 2.24) is 0 Å². The van der Waals surface area contributed by atoms with Crippen molar-refractivity contribution in [2.75, 3.05) is 6.61 Å². The molecule has 0 aromatic heterocycles. The van der Waals surface area contributed by atoms with Gasteiger partial charge in [-0.15, -0.1) is 0 Å². The van der Waals surface area contributed by atoms with Crippen LogP contribution in [0, 0.1) is 0 Å². The normalized spacial score (nSPS) is 11.8. The molecule has 0 aliphatic carbocycles. The molecule has 0 aromatic rings. The lowest BCUT2D eigenvalue weighted by atomic mass is 10.1. The van der Waals surface area contributed by atoms with Crippen molar-refractivity contribution < 1.29 is 23.9 Å². The lowest BCUT2D eigenvalue weighted by Gasteiger charge is -2.09. The Hall–Kier alpha value is -1.43. The summed E-state index contributed by atoms with van der Waals surface area (Å²) in [7, 11) is 0. The molecular formula is C18H33NO5. The first-order chi connectivity index (χ1) is 11.5. The fourth-order valence-electron chi connectivity index (χ4n) is 2.31. The Balaban J connectivity index is 3.61. The topological polar surface area (TPSA) is 95.7 Å². The quantitative estimate of drug-likeness (QED) is 0.295. The molecule has 2 N–H and O–H groups in total. The summed E-state index contributed by atoms with van der Waals surface area (Å²) in [6.07, 6.45) is 10.2. The van der Waals surface area contributed by atoms with E-state index in [9.17, 15) is 14.4 Å². The molecule has 0 spiro atoms. The summed E-state index contributed by atoms with van der Waals surface area (Å²) in [6.45, 7) is 4.05. The van der Waals surface area contributed by atoms with Crippen molar-refractivity contribution in [2.45, 2.75) is 90.5 Å². The SMILES string of the molecule is CCCCCCCCCCCC(=O)OC(=O)CC(N)C(=O)OCC. The van der Waals surface area contributed by atoms with Gasteiger partial charge in [-0.05, 0) is 13.3 Å². The summed E-state index contributed by atoms with van der Waals surface area (Å²) in [5.41, 5.74) is 5.49. The standard InChI is InChI=1S/C18H33NO5/c1-3-5-6-7-8-9-10-11-12-13-16(20)24-17(21)14-15(19)18(22)23-4-2/h15H,3-14,19H2,1-2H3. The Morgan fingerprint density at radius 3 is 1.92 bits per heavy atom. The highest BCUT2D eigenvalue weighted by atomic mass is 16.6. The first-order valence-electron chi connectivity index (χ1n) is 9.16. The first kappa shape index (κ1) is 22.6. The lowest BCUT2D eigenvalue weighted by molar-refractivity contribution is -0.162. The van der Waals surface area contributed by atoms with Crippen molar-refractivity contribution >= 4 is 17.9 Å². The molecule has 0 rings (SSSR count). The third-order valence-electron chi connectivity index (χ3n) is 3.69. The van der Waals surface area contributed by atoms with Gasteiger partial charge in [0.05, 0.1) is 13.0 Å². The summed E-state index contributed by atoms with van der Waals surface area (Å²) < 4.78 is 9.34. The minimum absolute atomic E-state index is 0.194. The van der Waals surface area contributed by atoms with Gasteiger partial charge in [-0.2, -0.15) is 0 Å². The monoisotopic (exact) mass is 343 g/mol. The van der Waals surface area contributed by atoms with Gasteiger partial charge in [0, 0.05) is 6.42 Å². The van der Waals surface area contributed by atoms with E-state index in [1.54, 1.807) is 6.92 Å². The molecule has 1 atom stereocenters. The van der Waals surface area contributed by atoms with Gasteiger partial charge in [-0.3, -0.25) is 14.4 Å². The van der Waals surface area contributed by atoms with Crippen LogP contribution >= 0.6 is 0 Å². The van der Waals surface area contributed by atoms with Crippen LogP contribution in [-0.4, -0.2) is 30.6 Å². The maximum Gasteiger partial charge on any atom is 0.323 e. The number of hydrogen-bond acceptors (Lipinski definition) is 6. The Morgan fingerprint density at radius 1 is 0.833 bits per heavy atom. The highest BCUT2D eigenvalue weighted by Gasteiger charge is 2.21. The molecule has 0 bridgehead atoms. The van der Waals surface area contributed by atoms with Gasteiger partial charge < -0.3 is 15.2 Å². The smallest absolute Gasteiger partial charge is 0.323 e. The van der Waals surface area contributed by atoms with Crippen LogP contribution < -0.4 is 5.73 Å². The molecule has 140 valence electrons. The number of rotatable bonds is 14. The van der Waals surface area contributed by atoms with Gasteiger partial charge in [-0.1, -0.05) is 58.3 Å². The average molecular weight is 343 g/mol. The highest BCUT2D eigenvalue weighted by Crippen LogP contribution is 2.11. The Kier molecular flexibility index (Phi) is 14.2. The van der Waals surface area contributed by atoms with Gasteiger partial charge in [0.25, 0.3) is 0 Å². The van der Waals surface area contributed by atoms with E-state index in [0.717, 1.165) is 12.8 Å². The zero-order chi connectivity index (χ0) is 18.2. The summed E-state index contributed by atoms with van der Waals surface area (Å²) in [5.74, 6) is -2.00. The summed E-state index contributed by atoms with van der Waals surface area (Å²) in [6, 6.07) is -1.09. The first-order valence-corrected chi connectivity index (χ1v) is 9.16. The average Bonchev–Trinajstić information content (AvgIpc) is 2.53. The maximum absolute atomic E-state index is 11.5. The van der Waals surface area contributed by atoms with Gasteiger partial charge in [0.2, 0.25) is 0 Å². The third kappa shape index (κ3) is 13.0. The molecule has 6 nitrogen and oxygen atoms in total. The summed E-state index contributed by atoms with van der Waals surface area (Å²) in [4.78, 5) is 34.3. The second-order valence-corrected chi connectivity index (χ2v) is 5.99. The van der Waals surface area contributed by atoms with E-state index in [-0.39, 0.29) is 19.4 Å². The van der Waals surface area contributed by atoms with Crippen molar-refractivity contribution in [2.24, 2.45) is 5.73 Å². The Bertz CT molecular complexity index is 370. The summed E-state index contributed by atoms with van der Waals surface area (Å²) >= 11 is 0. The number of ether oxygens (including phenoxy) is 2. The molecule has 0 saturated heterocycles. The van der Waals surface area contributed by atoms with Crippen LogP contribution in [0.4, 0.5) is 0 Å². The minimum atomic E-state index is -1.09. The molecule has 6 heteroatoms. The highest BCUT2D eigenvalue weighted by molar-refractivity contribution is 5.89. The van der Waals surface area contributed by atoms with Crippen LogP contribution in [0.25, 0.3) is 0 Å². The van der Waals surface area contributed by atoms with Crippen LogP contribution in [-0.2, 0) is 23.9 Å². The van der Waals surface area contributed by atoms with Crippen LogP contribution in [0.1, 0.15) is 84.5 Å². The van der Waals surface area contributed by atoms with E-state index in [4.69, 9.17) is 5.73 Å². The van der Waals surface area contributed by atoms with E-state index in [1.807, 2.05) is 0 Å². The van der Waals surface area contributed by atoms with Gasteiger partial charge >= 0.3 is 17.9 Å². The van der Waals surface area contributed by atoms with Crippen molar-refractivity contribution in [3.8, 4) is 0 Å². The minimum Gasteiger partial charge on any atom is -0.465 e. The van der Waals surface area contributed by atoms with E-state index in [2.05, 4.69) is 16.4 Å². The van der Waals surface area contributed by atoms with Crippen LogP contribution in [0.15, 0.2) is 0 Å². The molecule has 0 amide bonds. The molecular weight excluding hydrogens is 310 g/mol. The molecule has 1 unspecified atom stereocenters. The van der Waals surface area contributed by atoms with Crippen LogP contribution in [0.5, 0.6) is 0 Å². The van der Waals surface area contributed by atoms with E-state index in [1.165, 1.54) is 38.5 Å². The van der Waals surface area contributed by atoms with E-state index >= 15 is 0 Å². The van der Waals surface area contributed by atoms with Crippen molar-refractivity contribution in [3.63, 3.8) is 0 Å². The fourth-order valence-corrected chi connectivity index (χ4v) is 2.31. The summed E-state index contributed by atoms with van der Waals surface area (Å²) in [5, 5.41) is 0. The predicted octanol–water partition coefficient (Wildman–Crippen LogP) is 3.26. The Labute approximate surface area is 145 Å². The zero-order valence-electron chi connectivity index (χ0n) is 15.2. The predicted molar refractivity (Wildman–Crippen MR) is 92.2 cm³/mol. The third-order valence-corrected chi connectivity index (χ3v) is 3.69. The molecule has 0 aliphatic heterocycles. The van der Waals surface area contributed by atoms with E-state index < -0.39 is 23.9 Å². The van der Waals surface area contributed by atoms with Gasteiger partial charge in [-0.25, -0.2) is 0 Å². The zero-order valence-corrected chi connectivity index (χ0v) is 15.2. The molecule has 0 heterocycles. The van der Waals surface area contributed by atoms with Crippen molar-refractivity contribution in [3.05, 3.63) is 0 Å². The van der Waals surface area contributed by atoms with Gasteiger partial charge in [0.1, 0.15) is 6.04 Å². The van der Waals surface area contributed by atoms with Crippen LogP contribution in [0.3, 0.4) is 0 Å². The largest absolute Gasteiger partial charge is 0.465 e. The molecule has 0 fully saturated rings. The van der Waals surface area contributed by atoms with Crippen LogP contribution in [0.2, 0.25) is 0 Å². The molecule has 0 aromatic carbocycles. The number of esters is 3. The number of hydrogen-bond donors (Lipinski definition) is 1. The second kappa shape index (κ2) is 15.1. The molecule has 0 radical (unpaired) electrons. The molecule has 0 aliphatic rings. The Morgan fingerprint density at radius 2 is 1.38 bits per heavy atom. The number of carbonyl (C=O) groups is 3. The van der Waals surface area contributed by atoms with E-state index in [0.29, 0.717) is 6.42 Å². The lowest BCUT2D eigenvalue weighted by Crippen LogP contribution is -2.35. The molecule has 0 saturated carbocycles. The maximum atomic E-state index is 11.5. The number of unbranched alkanes of at least 4 members (excludes halogenated alkanes) is 8. The number of carbonyl (C=O) groups excluding carboxylic acids is 3. The second-order valence-electron chi connectivity index (χ2n) is 5.99. The van der Waals surface area contributed by atoms with Crippen molar-refractivity contribution in [1.29, 1.82) is 0 Å². The van der Waals surface area contributed by atoms with Gasteiger partial charge in [0.15, 0.2) is 0 Å². The number of nitrogens with two attached hydrogens (primary N) is 1. The fraction of sp³-hybridized carbons (Fsp3) is 0.833.